The molecule has 0 radical (unpaired) electrons. The lowest BCUT2D eigenvalue weighted by Gasteiger charge is -2.13. The van der Waals surface area contributed by atoms with Crippen molar-refractivity contribution < 1.29 is 4.84 Å². The van der Waals surface area contributed by atoms with Gasteiger partial charge in [0.25, 0.3) is 0 Å². The van der Waals surface area contributed by atoms with Gasteiger partial charge in [0, 0.05) is 13.6 Å². The Bertz CT molecular complexity index is 92.1. The Kier molecular flexibility index (Phi) is 4.50. The van der Waals surface area contributed by atoms with Crippen LogP contribution in [0.3, 0.4) is 0 Å². The highest BCUT2D eigenvalue weighted by molar-refractivity contribution is 4.65. The van der Waals surface area contributed by atoms with Crippen molar-refractivity contribution in [3.05, 3.63) is 0 Å². The Balaban J connectivity index is 1.86. The average molecular weight is 158 g/mol. The molecular weight excluding hydrogens is 140 g/mol. The molecule has 0 aliphatic carbocycles. The van der Waals surface area contributed by atoms with E-state index in [1.165, 1.54) is 32.5 Å². The minimum atomic E-state index is 0.826. The van der Waals surface area contributed by atoms with Crippen molar-refractivity contribution in [3.63, 3.8) is 0 Å². The first-order valence-corrected chi connectivity index (χ1v) is 4.44. The number of nitrogens with zero attached hydrogens (tertiary/aromatic N) is 1. The molecule has 1 fully saturated rings. The molecule has 1 heterocycles. The quantitative estimate of drug-likeness (QED) is 0.469. The smallest absolute Gasteiger partial charge is 0.0694 e. The summed E-state index contributed by atoms with van der Waals surface area (Å²) in [7, 11) is 1.80. The molecule has 0 aromatic carbocycles. The molecule has 3 nitrogen and oxygen atoms in total. The number of hydrogen-bond acceptors (Lipinski definition) is 3. The lowest BCUT2D eigenvalue weighted by molar-refractivity contribution is 0.0519. The third-order valence-corrected chi connectivity index (χ3v) is 2.06. The number of nitrogens with one attached hydrogen (secondary N) is 1. The Morgan fingerprint density at radius 2 is 2.09 bits per heavy atom. The number of hydrogen-bond donors (Lipinski definition) is 1. The zero-order valence-electron chi connectivity index (χ0n) is 7.31. The monoisotopic (exact) mass is 158 g/mol. The van der Waals surface area contributed by atoms with E-state index in [2.05, 4.69) is 10.4 Å². The molecule has 1 saturated heterocycles. The van der Waals surface area contributed by atoms with E-state index < -0.39 is 0 Å². The van der Waals surface area contributed by atoms with E-state index in [-0.39, 0.29) is 0 Å². The topological polar surface area (TPSA) is 24.5 Å². The number of likely N-dealkylation sites (tertiary alicyclic amines) is 1. The highest BCUT2D eigenvalue weighted by Crippen LogP contribution is 2.06. The fourth-order valence-corrected chi connectivity index (χ4v) is 1.47. The van der Waals surface area contributed by atoms with Gasteiger partial charge in [-0.2, -0.15) is 0 Å². The van der Waals surface area contributed by atoms with Crippen LogP contribution in [0.15, 0.2) is 0 Å². The van der Waals surface area contributed by atoms with Crippen LogP contribution in [0, 0.1) is 0 Å². The van der Waals surface area contributed by atoms with E-state index in [0.29, 0.717) is 0 Å². The largest absolute Gasteiger partial charge is 0.303 e. The van der Waals surface area contributed by atoms with Gasteiger partial charge in [-0.15, -0.1) is 0 Å². The van der Waals surface area contributed by atoms with E-state index in [0.717, 1.165) is 13.0 Å². The van der Waals surface area contributed by atoms with Crippen LogP contribution in [0.4, 0.5) is 0 Å². The molecule has 0 spiro atoms. The van der Waals surface area contributed by atoms with Crippen LogP contribution in [0.25, 0.3) is 0 Å². The van der Waals surface area contributed by atoms with Crippen molar-refractivity contribution in [3.8, 4) is 0 Å². The second kappa shape index (κ2) is 5.52. The highest BCUT2D eigenvalue weighted by atomic mass is 16.6. The van der Waals surface area contributed by atoms with Crippen LogP contribution in [-0.2, 0) is 4.84 Å². The van der Waals surface area contributed by atoms with Crippen molar-refractivity contribution in [1.29, 1.82) is 0 Å². The van der Waals surface area contributed by atoms with E-state index in [1.54, 1.807) is 7.05 Å². The minimum absolute atomic E-state index is 0.826. The molecule has 0 aromatic heterocycles. The van der Waals surface area contributed by atoms with Gasteiger partial charge in [-0.05, 0) is 32.4 Å². The lowest BCUT2D eigenvalue weighted by Crippen LogP contribution is -2.22. The average Bonchev–Trinajstić information content (AvgIpc) is 2.50. The van der Waals surface area contributed by atoms with Crippen molar-refractivity contribution in [1.82, 2.24) is 10.4 Å². The molecular formula is C8H18N2O. The second-order valence-corrected chi connectivity index (χ2v) is 2.95. The van der Waals surface area contributed by atoms with Crippen molar-refractivity contribution in [2.75, 3.05) is 33.3 Å². The summed E-state index contributed by atoms with van der Waals surface area (Å²) in [6.07, 6.45) is 3.90. The summed E-state index contributed by atoms with van der Waals surface area (Å²) in [6.45, 7) is 4.60. The Hall–Kier alpha value is -0.120. The summed E-state index contributed by atoms with van der Waals surface area (Å²) in [5, 5.41) is 0. The summed E-state index contributed by atoms with van der Waals surface area (Å²) in [6, 6.07) is 0. The molecule has 3 heteroatoms. The minimum Gasteiger partial charge on any atom is -0.303 e. The van der Waals surface area contributed by atoms with Gasteiger partial charge in [-0.25, -0.2) is 5.48 Å². The second-order valence-electron chi connectivity index (χ2n) is 2.95. The summed E-state index contributed by atoms with van der Waals surface area (Å²) >= 11 is 0. The summed E-state index contributed by atoms with van der Waals surface area (Å²) in [4.78, 5) is 7.52. The molecule has 1 aliphatic rings. The third-order valence-electron chi connectivity index (χ3n) is 2.06. The van der Waals surface area contributed by atoms with Crippen LogP contribution in [0.5, 0.6) is 0 Å². The van der Waals surface area contributed by atoms with Crippen molar-refractivity contribution in [2.45, 2.75) is 19.3 Å². The first-order chi connectivity index (χ1) is 5.43. The van der Waals surface area contributed by atoms with Gasteiger partial charge in [0.1, 0.15) is 0 Å². The fraction of sp³-hybridized carbons (Fsp3) is 1.00. The van der Waals surface area contributed by atoms with Gasteiger partial charge in [-0.1, -0.05) is 0 Å². The van der Waals surface area contributed by atoms with Gasteiger partial charge in [-0.3, -0.25) is 0 Å². The number of rotatable bonds is 5. The molecule has 0 aromatic rings. The van der Waals surface area contributed by atoms with Crippen LogP contribution in [-0.4, -0.2) is 38.2 Å². The molecule has 1 N–H and O–H groups in total. The van der Waals surface area contributed by atoms with Crippen LogP contribution in [0.1, 0.15) is 19.3 Å². The van der Waals surface area contributed by atoms with Crippen LogP contribution >= 0.6 is 0 Å². The van der Waals surface area contributed by atoms with Gasteiger partial charge >= 0.3 is 0 Å². The summed E-state index contributed by atoms with van der Waals surface area (Å²) in [5.74, 6) is 0. The molecule has 11 heavy (non-hydrogen) atoms. The van der Waals surface area contributed by atoms with Gasteiger partial charge < -0.3 is 9.74 Å². The Morgan fingerprint density at radius 3 is 2.73 bits per heavy atom. The van der Waals surface area contributed by atoms with Crippen LogP contribution in [0.2, 0.25) is 0 Å². The van der Waals surface area contributed by atoms with E-state index in [1.807, 2.05) is 0 Å². The standard InChI is InChI=1S/C8H18N2O/c1-9-11-8-4-7-10-5-2-3-6-10/h9H,2-8H2,1H3. The Labute approximate surface area is 68.7 Å². The molecule has 0 amide bonds. The van der Waals surface area contributed by atoms with Crippen molar-refractivity contribution in [2.24, 2.45) is 0 Å². The molecule has 1 rings (SSSR count). The van der Waals surface area contributed by atoms with E-state index in [9.17, 15) is 0 Å². The maximum absolute atomic E-state index is 5.02. The molecule has 0 unspecified atom stereocenters. The fourth-order valence-electron chi connectivity index (χ4n) is 1.47. The van der Waals surface area contributed by atoms with Gasteiger partial charge in [0.15, 0.2) is 0 Å². The predicted octanol–water partition coefficient (Wildman–Crippen LogP) is 0.623. The zero-order valence-corrected chi connectivity index (χ0v) is 7.31. The molecule has 0 saturated carbocycles. The SMILES string of the molecule is CNOCCCN1CCCC1. The highest BCUT2D eigenvalue weighted by Gasteiger charge is 2.09. The van der Waals surface area contributed by atoms with Crippen LogP contribution < -0.4 is 5.48 Å². The summed E-state index contributed by atoms with van der Waals surface area (Å²) in [5.41, 5.74) is 2.67. The van der Waals surface area contributed by atoms with E-state index in [4.69, 9.17) is 4.84 Å². The maximum Gasteiger partial charge on any atom is 0.0694 e. The first kappa shape index (κ1) is 8.97. The summed E-state index contributed by atoms with van der Waals surface area (Å²) < 4.78 is 0. The first-order valence-electron chi connectivity index (χ1n) is 4.44. The molecule has 0 bridgehead atoms. The zero-order chi connectivity index (χ0) is 7.94. The molecule has 1 aliphatic heterocycles. The molecule has 0 atom stereocenters. The predicted molar refractivity (Wildman–Crippen MR) is 45.3 cm³/mol. The third kappa shape index (κ3) is 3.70. The lowest BCUT2D eigenvalue weighted by atomic mass is 10.4. The van der Waals surface area contributed by atoms with Gasteiger partial charge in [0.05, 0.1) is 6.61 Å². The molecule has 66 valence electrons. The number of hydroxylamine groups is 1. The van der Waals surface area contributed by atoms with Crippen molar-refractivity contribution >= 4 is 0 Å². The van der Waals surface area contributed by atoms with E-state index >= 15 is 0 Å². The maximum atomic E-state index is 5.02. The van der Waals surface area contributed by atoms with Gasteiger partial charge in [0.2, 0.25) is 0 Å². The normalized spacial score (nSPS) is 19.4. The Morgan fingerprint density at radius 1 is 1.36 bits per heavy atom.